The van der Waals surface area contributed by atoms with Crippen molar-refractivity contribution in [1.82, 2.24) is 25.5 Å². The summed E-state index contributed by atoms with van der Waals surface area (Å²) >= 11 is 5.97. The number of fused-ring (bicyclic) bond motifs is 1. The van der Waals surface area contributed by atoms with Gasteiger partial charge in [0.25, 0.3) is 0 Å². The Hall–Kier alpha value is -2.67. The van der Waals surface area contributed by atoms with E-state index in [0.29, 0.717) is 16.6 Å². The number of nitrogens with zero attached hydrogens (tertiary/aromatic N) is 3. The summed E-state index contributed by atoms with van der Waals surface area (Å²) < 4.78 is 0. The monoisotopic (exact) mass is 414 g/mol. The van der Waals surface area contributed by atoms with E-state index in [1.54, 1.807) is 12.3 Å². The van der Waals surface area contributed by atoms with Crippen molar-refractivity contribution < 1.29 is 4.79 Å². The molecule has 3 rings (SSSR count). The molecule has 0 atom stereocenters. The molecule has 2 aromatic rings. The van der Waals surface area contributed by atoms with Crippen LogP contribution in [0.2, 0.25) is 5.15 Å². The second-order valence-corrected chi connectivity index (χ2v) is 7.97. The molecular formula is C21H27ClN6O. The quantitative estimate of drug-likeness (QED) is 0.496. The highest BCUT2D eigenvalue weighted by atomic mass is 35.5. The Morgan fingerprint density at radius 1 is 1.34 bits per heavy atom. The molecule has 1 aliphatic rings. The Kier molecular flexibility index (Phi) is 7.04. The molecule has 0 spiro atoms. The van der Waals surface area contributed by atoms with Gasteiger partial charge in [0, 0.05) is 55.4 Å². The van der Waals surface area contributed by atoms with Gasteiger partial charge in [0.2, 0.25) is 0 Å². The van der Waals surface area contributed by atoms with Crippen LogP contribution in [0, 0.1) is 11.3 Å². The predicted molar refractivity (Wildman–Crippen MR) is 117 cm³/mol. The predicted octanol–water partition coefficient (Wildman–Crippen LogP) is 3.69. The number of allylic oxidation sites excluding steroid dienone is 1. The van der Waals surface area contributed by atoms with Crippen molar-refractivity contribution in [3.63, 3.8) is 0 Å². The van der Waals surface area contributed by atoms with Gasteiger partial charge in [-0.25, -0.2) is 9.78 Å². The highest BCUT2D eigenvalue weighted by Gasteiger charge is 2.22. The molecule has 1 fully saturated rings. The van der Waals surface area contributed by atoms with E-state index in [-0.39, 0.29) is 12.1 Å². The van der Waals surface area contributed by atoms with Crippen LogP contribution in [0.3, 0.4) is 0 Å². The Labute approximate surface area is 176 Å². The first-order valence-electron chi connectivity index (χ1n) is 9.88. The lowest BCUT2D eigenvalue weighted by Gasteiger charge is -2.32. The van der Waals surface area contributed by atoms with Crippen molar-refractivity contribution >= 4 is 40.5 Å². The number of piperidine rings is 1. The van der Waals surface area contributed by atoms with Crippen LogP contribution < -0.4 is 10.6 Å². The van der Waals surface area contributed by atoms with Crippen LogP contribution in [0.1, 0.15) is 32.3 Å². The molecular weight excluding hydrogens is 388 g/mol. The van der Waals surface area contributed by atoms with Crippen LogP contribution in [0.4, 0.5) is 4.79 Å². The minimum atomic E-state index is 0.0231. The average molecular weight is 415 g/mol. The van der Waals surface area contributed by atoms with Gasteiger partial charge in [-0.05, 0) is 50.8 Å². The van der Waals surface area contributed by atoms with Gasteiger partial charge in [0.15, 0.2) is 0 Å². The molecule has 0 aromatic carbocycles. The molecule has 3 heterocycles. The first kappa shape index (κ1) is 21.0. The molecule has 1 saturated heterocycles. The Bertz CT molecular complexity index is 905. The number of carbonyl (C=O) groups excluding carboxylic acids is 1. The Balaban J connectivity index is 1.55. The van der Waals surface area contributed by atoms with Crippen LogP contribution in [0.25, 0.3) is 16.6 Å². The van der Waals surface area contributed by atoms with E-state index in [0.717, 1.165) is 49.1 Å². The normalized spacial score (nSPS) is 15.6. The Morgan fingerprint density at radius 3 is 2.79 bits per heavy atom. The second kappa shape index (κ2) is 9.69. The third kappa shape index (κ3) is 5.67. The van der Waals surface area contributed by atoms with Crippen LogP contribution in [0.5, 0.6) is 0 Å². The first-order valence-corrected chi connectivity index (χ1v) is 10.3. The highest BCUT2D eigenvalue weighted by Crippen LogP contribution is 2.19. The summed E-state index contributed by atoms with van der Waals surface area (Å²) in [5.74, 6) is 0.497. The number of amides is 2. The van der Waals surface area contributed by atoms with Crippen molar-refractivity contribution in [2.75, 3.05) is 19.6 Å². The minimum Gasteiger partial charge on any atom is -0.390 e. The van der Waals surface area contributed by atoms with E-state index in [1.165, 1.54) is 6.21 Å². The molecule has 0 saturated carbocycles. The van der Waals surface area contributed by atoms with Crippen molar-refractivity contribution in [3.05, 3.63) is 41.3 Å². The number of pyridine rings is 2. The summed E-state index contributed by atoms with van der Waals surface area (Å²) in [6.07, 6.45) is 6.82. The number of rotatable bonds is 6. The first-order chi connectivity index (χ1) is 14.0. The van der Waals surface area contributed by atoms with E-state index in [1.807, 2.05) is 37.1 Å². The van der Waals surface area contributed by atoms with Crippen molar-refractivity contribution in [2.45, 2.75) is 32.7 Å². The summed E-state index contributed by atoms with van der Waals surface area (Å²) in [5, 5.41) is 14.4. The van der Waals surface area contributed by atoms with Gasteiger partial charge in [0.1, 0.15) is 5.15 Å². The molecule has 7 nitrogen and oxygen atoms in total. The van der Waals surface area contributed by atoms with Gasteiger partial charge in [-0.3, -0.25) is 4.98 Å². The number of hydrogen-bond acceptors (Lipinski definition) is 5. The number of nitrogens with one attached hydrogen (secondary N) is 3. The molecule has 2 amide bonds. The zero-order chi connectivity index (χ0) is 20.8. The lowest BCUT2D eigenvalue weighted by molar-refractivity contribution is 0.168. The maximum atomic E-state index is 12.1. The minimum absolute atomic E-state index is 0.0231. The molecule has 29 heavy (non-hydrogen) atoms. The third-order valence-corrected chi connectivity index (χ3v) is 5.18. The van der Waals surface area contributed by atoms with Crippen molar-refractivity contribution in [1.29, 1.82) is 5.41 Å². The van der Waals surface area contributed by atoms with E-state index in [2.05, 4.69) is 20.6 Å². The van der Waals surface area contributed by atoms with Gasteiger partial charge >= 0.3 is 6.03 Å². The fourth-order valence-corrected chi connectivity index (χ4v) is 3.52. The second-order valence-electron chi connectivity index (χ2n) is 7.58. The molecule has 0 unspecified atom stereocenters. The zero-order valence-corrected chi connectivity index (χ0v) is 17.5. The smallest absolute Gasteiger partial charge is 0.317 e. The van der Waals surface area contributed by atoms with E-state index in [9.17, 15) is 4.79 Å². The maximum Gasteiger partial charge on any atom is 0.317 e. The summed E-state index contributed by atoms with van der Waals surface area (Å²) in [7, 11) is 0. The maximum absolute atomic E-state index is 12.1. The lowest BCUT2D eigenvalue weighted by atomic mass is 9.97. The van der Waals surface area contributed by atoms with Gasteiger partial charge in [0.05, 0.1) is 11.0 Å². The van der Waals surface area contributed by atoms with Gasteiger partial charge < -0.3 is 20.9 Å². The third-order valence-electron chi connectivity index (χ3n) is 4.97. The number of halogens is 1. The summed E-state index contributed by atoms with van der Waals surface area (Å²) in [5.41, 5.74) is 3.02. The number of carbonyl (C=O) groups is 1. The fourth-order valence-electron chi connectivity index (χ4n) is 3.36. The largest absolute Gasteiger partial charge is 0.390 e. The van der Waals surface area contributed by atoms with Crippen molar-refractivity contribution in [2.24, 2.45) is 5.92 Å². The van der Waals surface area contributed by atoms with Crippen molar-refractivity contribution in [3.8, 4) is 0 Å². The van der Waals surface area contributed by atoms with Crippen LogP contribution in [0.15, 0.2) is 30.6 Å². The van der Waals surface area contributed by atoms with E-state index >= 15 is 0 Å². The number of hydrogen-bond donors (Lipinski definition) is 3. The molecule has 0 aliphatic carbocycles. The molecule has 154 valence electrons. The summed E-state index contributed by atoms with van der Waals surface area (Å²) in [4.78, 5) is 22.6. The van der Waals surface area contributed by atoms with Crippen LogP contribution >= 0.6 is 11.6 Å². The van der Waals surface area contributed by atoms with Crippen LogP contribution in [-0.4, -0.2) is 52.8 Å². The molecule has 0 bridgehead atoms. The Morgan fingerprint density at radius 2 is 2.10 bits per heavy atom. The lowest BCUT2D eigenvalue weighted by Crippen LogP contribution is -2.47. The summed E-state index contributed by atoms with van der Waals surface area (Å²) in [6.45, 7) is 6.29. The number of urea groups is 1. The molecule has 2 aromatic heterocycles. The molecule has 0 radical (unpaired) electrons. The molecule has 1 aliphatic heterocycles. The zero-order valence-electron chi connectivity index (χ0n) is 16.8. The topological polar surface area (TPSA) is 94.0 Å². The fraction of sp³-hybridized carbons (Fsp3) is 0.429. The summed E-state index contributed by atoms with van der Waals surface area (Å²) in [6, 6.07) is 5.60. The van der Waals surface area contributed by atoms with Crippen LogP contribution in [-0.2, 0) is 0 Å². The molecule has 3 N–H and O–H groups in total. The average Bonchev–Trinajstić information content (AvgIpc) is 2.70. The van der Waals surface area contributed by atoms with E-state index in [4.69, 9.17) is 17.0 Å². The SMILES string of the molecule is CC(C)NC(=O)N1CCC(CN/C=C(\C=N)c2cnc3ccc(Cl)nc3c2)CC1. The standard InChI is InChI=1S/C21H27ClN6O/c1-14(2)26-21(29)28-7-5-15(6-8-28)11-24-12-17(10-23)16-9-19-18(25-13-16)3-4-20(22)27-19/h3-4,9-10,12-15,23-24H,5-8,11H2,1-2H3,(H,26,29)/b17-12+,23-10?. The van der Waals surface area contributed by atoms with Gasteiger partial charge in [-0.2, -0.15) is 0 Å². The number of aromatic nitrogens is 2. The number of likely N-dealkylation sites (tertiary alicyclic amines) is 1. The highest BCUT2D eigenvalue weighted by molar-refractivity contribution is 6.29. The van der Waals surface area contributed by atoms with Gasteiger partial charge in [-0.15, -0.1) is 0 Å². The molecule has 8 heteroatoms. The van der Waals surface area contributed by atoms with E-state index < -0.39 is 0 Å². The van der Waals surface area contributed by atoms with Gasteiger partial charge in [-0.1, -0.05) is 11.6 Å².